The molecule has 2 aromatic heterocycles. The molecule has 4 nitrogen and oxygen atoms in total. The Morgan fingerprint density at radius 2 is 1.93 bits per heavy atom. The molecule has 2 aromatic carbocycles. The molecule has 0 bridgehead atoms. The molecule has 0 saturated heterocycles. The average molecular weight is 374 g/mol. The predicted molar refractivity (Wildman–Crippen MR) is 110 cm³/mol. The van der Waals surface area contributed by atoms with Crippen molar-refractivity contribution in [1.82, 2.24) is 4.98 Å². The van der Waals surface area contributed by atoms with Gasteiger partial charge >= 0.3 is 0 Å². The van der Waals surface area contributed by atoms with Crippen molar-refractivity contribution in [3.05, 3.63) is 84.3 Å². The zero-order valence-electron chi connectivity index (χ0n) is 14.8. The van der Waals surface area contributed by atoms with Crippen LogP contribution in [-0.4, -0.2) is 10.9 Å². The lowest BCUT2D eigenvalue weighted by Gasteiger charge is -2.18. The van der Waals surface area contributed by atoms with Crippen LogP contribution in [0.25, 0.3) is 16.3 Å². The number of fused-ring (bicyclic) bond motifs is 1. The molecule has 0 spiro atoms. The minimum Gasteiger partial charge on any atom is -0.465 e. The summed E-state index contributed by atoms with van der Waals surface area (Å²) in [7, 11) is 0. The fourth-order valence-corrected chi connectivity index (χ4v) is 3.77. The first-order valence-electron chi connectivity index (χ1n) is 8.75. The summed E-state index contributed by atoms with van der Waals surface area (Å²) in [5, 5.41) is 0.648. The zero-order valence-corrected chi connectivity index (χ0v) is 15.6. The second-order valence-electron chi connectivity index (χ2n) is 6.01. The van der Waals surface area contributed by atoms with Crippen molar-refractivity contribution < 1.29 is 9.21 Å². The molecule has 5 heteroatoms. The fraction of sp³-hybridized carbons (Fsp3) is 0.0909. The minimum atomic E-state index is -0.172. The fourth-order valence-electron chi connectivity index (χ4n) is 2.78. The number of furan rings is 1. The molecule has 0 aliphatic rings. The Labute approximate surface area is 161 Å². The van der Waals surface area contributed by atoms with Gasteiger partial charge in [-0.3, -0.25) is 9.69 Å². The Morgan fingerprint density at radius 1 is 1.11 bits per heavy atom. The van der Waals surface area contributed by atoms with Crippen LogP contribution in [0.15, 0.2) is 77.4 Å². The van der Waals surface area contributed by atoms with Crippen LogP contribution in [0.2, 0.25) is 0 Å². The highest BCUT2D eigenvalue weighted by atomic mass is 32.1. The maximum absolute atomic E-state index is 13.0. The average Bonchev–Trinajstić information content (AvgIpc) is 3.36. The van der Waals surface area contributed by atoms with Crippen molar-refractivity contribution in [2.45, 2.75) is 13.3 Å². The van der Waals surface area contributed by atoms with Gasteiger partial charge in [0.2, 0.25) is 0 Å². The molecule has 4 rings (SSSR count). The highest BCUT2D eigenvalue weighted by Crippen LogP contribution is 2.34. The van der Waals surface area contributed by atoms with Crippen molar-refractivity contribution in [2.24, 2.45) is 0 Å². The number of nitrogens with zero attached hydrogens (tertiary/aromatic N) is 2. The van der Waals surface area contributed by atoms with E-state index in [0.717, 1.165) is 22.3 Å². The lowest BCUT2D eigenvalue weighted by atomic mass is 10.1. The van der Waals surface area contributed by atoms with Crippen molar-refractivity contribution >= 4 is 44.4 Å². The molecule has 0 saturated carbocycles. The topological polar surface area (TPSA) is 46.3 Å². The summed E-state index contributed by atoms with van der Waals surface area (Å²) in [6.45, 7) is 2.11. The number of para-hydroxylation sites is 1. The van der Waals surface area contributed by atoms with Gasteiger partial charge in [-0.05, 0) is 54.5 Å². The maximum atomic E-state index is 13.0. The number of carbonyl (C=O) groups excluding carboxylic acids is 1. The number of hydrogen-bond donors (Lipinski definition) is 0. The first-order valence-corrected chi connectivity index (χ1v) is 9.56. The van der Waals surface area contributed by atoms with Crippen LogP contribution in [-0.2, 0) is 11.2 Å². The van der Waals surface area contributed by atoms with E-state index in [0.29, 0.717) is 10.9 Å². The lowest BCUT2D eigenvalue weighted by molar-refractivity contribution is -0.113. The van der Waals surface area contributed by atoms with Gasteiger partial charge < -0.3 is 4.42 Å². The highest BCUT2D eigenvalue weighted by molar-refractivity contribution is 7.22. The summed E-state index contributed by atoms with van der Waals surface area (Å²) in [5.41, 5.74) is 2.90. The highest BCUT2D eigenvalue weighted by Gasteiger charge is 2.20. The smallest absolute Gasteiger partial charge is 0.257 e. The molecule has 134 valence electrons. The number of rotatable bonds is 5. The van der Waals surface area contributed by atoms with Gasteiger partial charge in [0.05, 0.1) is 22.2 Å². The van der Waals surface area contributed by atoms with E-state index in [1.807, 2.05) is 54.6 Å². The predicted octanol–water partition coefficient (Wildman–Crippen LogP) is 5.83. The summed E-state index contributed by atoms with van der Waals surface area (Å²) < 4.78 is 6.33. The van der Waals surface area contributed by atoms with Crippen molar-refractivity contribution in [3.63, 3.8) is 0 Å². The van der Waals surface area contributed by atoms with E-state index in [2.05, 4.69) is 11.9 Å². The normalized spacial score (nSPS) is 11.3. The molecule has 4 aromatic rings. The third kappa shape index (κ3) is 3.68. The quantitative estimate of drug-likeness (QED) is 0.413. The Kier molecular flexibility index (Phi) is 4.85. The van der Waals surface area contributed by atoms with E-state index in [9.17, 15) is 4.79 Å². The number of thiazole rings is 1. The number of carbonyl (C=O) groups is 1. The minimum absolute atomic E-state index is 0.172. The van der Waals surface area contributed by atoms with E-state index < -0.39 is 0 Å². The second kappa shape index (κ2) is 7.60. The van der Waals surface area contributed by atoms with Gasteiger partial charge in [-0.25, -0.2) is 4.98 Å². The summed E-state index contributed by atoms with van der Waals surface area (Å²) in [6.07, 6.45) is 5.72. The molecule has 2 heterocycles. The Morgan fingerprint density at radius 3 is 2.63 bits per heavy atom. The molecule has 0 aliphatic heterocycles. The Balaban J connectivity index is 1.74. The monoisotopic (exact) mass is 374 g/mol. The van der Waals surface area contributed by atoms with Gasteiger partial charge in [0.1, 0.15) is 5.76 Å². The molecular weight excluding hydrogens is 356 g/mol. The van der Waals surface area contributed by atoms with Crippen LogP contribution < -0.4 is 4.90 Å². The third-order valence-corrected chi connectivity index (χ3v) is 5.25. The first-order chi connectivity index (χ1) is 13.2. The first kappa shape index (κ1) is 17.2. The molecule has 27 heavy (non-hydrogen) atoms. The van der Waals surface area contributed by atoms with Crippen LogP contribution in [0.5, 0.6) is 0 Å². The van der Waals surface area contributed by atoms with Crippen molar-refractivity contribution in [3.8, 4) is 0 Å². The molecule has 1 amide bonds. The van der Waals surface area contributed by atoms with Gasteiger partial charge in [-0.1, -0.05) is 42.5 Å². The summed E-state index contributed by atoms with van der Waals surface area (Å²) in [4.78, 5) is 19.3. The van der Waals surface area contributed by atoms with E-state index in [4.69, 9.17) is 4.42 Å². The molecule has 0 unspecified atom stereocenters. The van der Waals surface area contributed by atoms with Crippen molar-refractivity contribution in [1.29, 1.82) is 0 Å². The summed E-state index contributed by atoms with van der Waals surface area (Å²) >= 11 is 1.50. The van der Waals surface area contributed by atoms with Crippen LogP contribution in [0.3, 0.4) is 0 Å². The number of benzene rings is 2. The third-order valence-electron chi connectivity index (χ3n) is 4.23. The number of aryl methyl sites for hydroxylation is 1. The van der Waals surface area contributed by atoms with Gasteiger partial charge in [-0.15, -0.1) is 0 Å². The molecule has 0 fully saturated rings. The molecule has 0 N–H and O–H groups in total. The van der Waals surface area contributed by atoms with E-state index in [1.165, 1.54) is 23.0 Å². The number of hydrogen-bond acceptors (Lipinski definition) is 4. The van der Waals surface area contributed by atoms with Crippen LogP contribution in [0.4, 0.5) is 10.8 Å². The number of amides is 1. The summed E-state index contributed by atoms with van der Waals surface area (Å²) in [6, 6.07) is 19.5. The molecule has 0 radical (unpaired) electrons. The van der Waals surface area contributed by atoms with Gasteiger partial charge in [0.15, 0.2) is 5.13 Å². The molecular formula is C22H18N2O2S. The van der Waals surface area contributed by atoms with Crippen molar-refractivity contribution in [2.75, 3.05) is 4.90 Å². The van der Waals surface area contributed by atoms with E-state index in [-0.39, 0.29) is 5.91 Å². The van der Waals surface area contributed by atoms with Crippen LogP contribution in [0, 0.1) is 0 Å². The largest absolute Gasteiger partial charge is 0.465 e. The second-order valence-corrected chi connectivity index (χ2v) is 7.02. The van der Waals surface area contributed by atoms with E-state index >= 15 is 0 Å². The van der Waals surface area contributed by atoms with Gasteiger partial charge in [-0.2, -0.15) is 0 Å². The number of anilines is 2. The van der Waals surface area contributed by atoms with Gasteiger partial charge in [0, 0.05) is 6.08 Å². The molecule has 0 aliphatic carbocycles. The van der Waals surface area contributed by atoms with Crippen LogP contribution in [0.1, 0.15) is 18.2 Å². The number of aromatic nitrogens is 1. The SMILES string of the molecule is CCc1ccc(N(C(=O)/C=C/c2ccco2)c2nc3ccccc3s2)cc1. The lowest BCUT2D eigenvalue weighted by Crippen LogP contribution is -2.23. The maximum Gasteiger partial charge on any atom is 0.257 e. The molecule has 0 atom stereocenters. The van der Waals surface area contributed by atoms with E-state index in [1.54, 1.807) is 23.3 Å². The Bertz CT molecular complexity index is 1050. The standard InChI is InChI=1S/C22H18N2O2S/c1-2-16-9-11-17(12-10-16)24(21(25)14-13-18-6-5-15-26-18)22-23-19-7-3-4-8-20(19)27-22/h3-15H,2H2,1H3/b14-13+. The zero-order chi connectivity index (χ0) is 18.6. The van der Waals surface area contributed by atoms with Gasteiger partial charge in [0.25, 0.3) is 5.91 Å². The Hall–Kier alpha value is -3.18. The van der Waals surface area contributed by atoms with Crippen LogP contribution >= 0.6 is 11.3 Å². The summed E-state index contributed by atoms with van der Waals surface area (Å²) in [5.74, 6) is 0.462.